The number of anilines is 2. The van der Waals surface area contributed by atoms with Crippen molar-refractivity contribution in [3.63, 3.8) is 0 Å². The van der Waals surface area contributed by atoms with Crippen molar-refractivity contribution in [1.29, 1.82) is 0 Å². The lowest BCUT2D eigenvalue weighted by Crippen LogP contribution is -2.25. The summed E-state index contributed by atoms with van der Waals surface area (Å²) in [5.74, 6) is -1.81. The molecule has 1 aliphatic heterocycles. The predicted octanol–water partition coefficient (Wildman–Crippen LogP) is 2.15. The summed E-state index contributed by atoms with van der Waals surface area (Å²) < 4.78 is 43.2. The summed E-state index contributed by atoms with van der Waals surface area (Å²) in [7, 11) is 0. The van der Waals surface area contributed by atoms with Gasteiger partial charge in [0.15, 0.2) is 18.1 Å². The fraction of sp³-hybridized carbons (Fsp3) is 0.214. The zero-order valence-corrected chi connectivity index (χ0v) is 13.5. The quantitative estimate of drug-likeness (QED) is 0.792. The highest BCUT2D eigenvalue weighted by Gasteiger charge is 2.43. The number of hydrogen-bond donors (Lipinski definition) is 2. The summed E-state index contributed by atoms with van der Waals surface area (Å²) in [6.45, 7) is 1.00. The van der Waals surface area contributed by atoms with E-state index in [-0.39, 0.29) is 27.8 Å². The highest BCUT2D eigenvalue weighted by Crippen LogP contribution is 2.42. The van der Waals surface area contributed by atoms with Gasteiger partial charge in [0.25, 0.3) is 5.91 Å². The second-order valence-electron chi connectivity index (χ2n) is 4.96. The number of amides is 1. The maximum atomic E-state index is 12.9. The molecule has 0 atom stereocenters. The monoisotopic (exact) mass is 371 g/mol. The number of aryl methyl sites for hydroxylation is 1. The Labute approximate surface area is 143 Å². The van der Waals surface area contributed by atoms with Crippen LogP contribution in [0.4, 0.5) is 19.5 Å². The van der Waals surface area contributed by atoms with Gasteiger partial charge in [-0.2, -0.15) is 4.37 Å². The third-order valence-electron chi connectivity index (χ3n) is 3.11. The molecule has 0 fully saturated rings. The third kappa shape index (κ3) is 3.60. The third-order valence-corrected chi connectivity index (χ3v) is 3.88. The van der Waals surface area contributed by atoms with Gasteiger partial charge in [0, 0.05) is 11.8 Å². The number of alkyl halides is 2. The van der Waals surface area contributed by atoms with E-state index < -0.39 is 24.8 Å². The lowest BCUT2D eigenvalue weighted by molar-refractivity contribution is -0.286. The molecule has 1 aliphatic rings. The van der Waals surface area contributed by atoms with E-state index in [0.29, 0.717) is 5.69 Å². The number of halogens is 2. The Morgan fingerprint density at radius 1 is 1.36 bits per heavy atom. The van der Waals surface area contributed by atoms with Crippen molar-refractivity contribution in [2.24, 2.45) is 0 Å². The van der Waals surface area contributed by atoms with Crippen LogP contribution in [-0.2, 0) is 9.53 Å². The molecule has 1 aromatic heterocycles. The first-order valence-corrected chi connectivity index (χ1v) is 7.61. The fourth-order valence-electron chi connectivity index (χ4n) is 2.06. The normalized spacial score (nSPS) is 14.2. The number of fused-ring (bicyclic) bond motifs is 1. The van der Waals surface area contributed by atoms with E-state index >= 15 is 0 Å². The van der Waals surface area contributed by atoms with Gasteiger partial charge in [-0.15, -0.1) is 8.78 Å². The maximum Gasteiger partial charge on any atom is 0.586 e. The van der Waals surface area contributed by atoms with E-state index in [1.54, 1.807) is 6.92 Å². The molecule has 0 saturated carbocycles. The molecule has 3 rings (SSSR count). The molecule has 0 radical (unpaired) electrons. The Kier molecular flexibility index (Phi) is 4.17. The Hall–Kier alpha value is -2.95. The van der Waals surface area contributed by atoms with Crippen molar-refractivity contribution in [2.75, 3.05) is 17.7 Å². The minimum absolute atomic E-state index is 0.114. The average molecular weight is 371 g/mol. The van der Waals surface area contributed by atoms with E-state index in [1.165, 1.54) is 18.2 Å². The van der Waals surface area contributed by atoms with Crippen molar-refractivity contribution >= 4 is 34.1 Å². The first kappa shape index (κ1) is 16.9. The van der Waals surface area contributed by atoms with Crippen LogP contribution in [0.15, 0.2) is 18.2 Å². The van der Waals surface area contributed by atoms with Gasteiger partial charge in [-0.3, -0.25) is 4.79 Å². The molecule has 1 amide bonds. The van der Waals surface area contributed by atoms with Crippen LogP contribution < -0.4 is 20.5 Å². The lowest BCUT2D eigenvalue weighted by Gasteiger charge is -2.07. The number of carbonyl (C=O) groups excluding carboxylic acids is 2. The molecule has 3 N–H and O–H groups in total. The number of hydrogen-bond acceptors (Lipinski definition) is 8. The number of carbonyl (C=O) groups is 2. The number of esters is 1. The van der Waals surface area contributed by atoms with Gasteiger partial charge < -0.3 is 25.3 Å². The van der Waals surface area contributed by atoms with Crippen LogP contribution in [0, 0.1) is 6.92 Å². The van der Waals surface area contributed by atoms with Crippen LogP contribution in [0.3, 0.4) is 0 Å². The first-order valence-electron chi connectivity index (χ1n) is 6.84. The van der Waals surface area contributed by atoms with Crippen molar-refractivity contribution in [1.82, 2.24) is 4.37 Å². The molecule has 0 bridgehead atoms. The van der Waals surface area contributed by atoms with Gasteiger partial charge in [-0.25, -0.2) is 4.79 Å². The van der Waals surface area contributed by atoms with Gasteiger partial charge >= 0.3 is 12.3 Å². The zero-order chi connectivity index (χ0) is 18.2. The van der Waals surface area contributed by atoms with Crippen LogP contribution in [0.5, 0.6) is 11.5 Å². The van der Waals surface area contributed by atoms with Crippen LogP contribution in [0.2, 0.25) is 0 Å². The molecule has 8 nitrogen and oxygen atoms in total. The summed E-state index contributed by atoms with van der Waals surface area (Å²) in [6.07, 6.45) is -3.74. The van der Waals surface area contributed by atoms with Gasteiger partial charge in [0.1, 0.15) is 10.6 Å². The van der Waals surface area contributed by atoms with Crippen LogP contribution in [-0.4, -0.2) is 29.2 Å². The van der Waals surface area contributed by atoms with Crippen molar-refractivity contribution in [3.05, 3.63) is 29.5 Å². The van der Waals surface area contributed by atoms with Gasteiger partial charge in [0.2, 0.25) is 0 Å². The highest BCUT2D eigenvalue weighted by atomic mass is 32.1. The average Bonchev–Trinajstić information content (AvgIpc) is 3.02. The summed E-state index contributed by atoms with van der Waals surface area (Å²) in [5, 5.41) is 2.58. The van der Waals surface area contributed by atoms with Gasteiger partial charge in [0.05, 0.1) is 5.69 Å². The number of rotatable bonds is 4. The molecule has 11 heteroatoms. The first-order chi connectivity index (χ1) is 11.7. The molecule has 0 spiro atoms. The lowest BCUT2D eigenvalue weighted by atomic mass is 10.2. The Morgan fingerprint density at radius 3 is 2.76 bits per heavy atom. The smallest absolute Gasteiger partial charge is 0.452 e. The molecule has 2 heterocycles. The van der Waals surface area contributed by atoms with Crippen LogP contribution in [0.25, 0.3) is 0 Å². The molecule has 2 aromatic rings. The second kappa shape index (κ2) is 6.16. The summed E-state index contributed by atoms with van der Waals surface area (Å²) in [4.78, 5) is 23.7. The maximum absolute atomic E-state index is 12.9. The molecule has 1 aromatic carbocycles. The molecule has 132 valence electrons. The summed E-state index contributed by atoms with van der Waals surface area (Å²) in [5.41, 5.74) is 6.31. The molecule has 0 saturated heterocycles. The molecule has 0 aliphatic carbocycles. The number of benzene rings is 1. The van der Waals surface area contributed by atoms with E-state index in [1.807, 2.05) is 0 Å². The largest absolute Gasteiger partial charge is 0.586 e. The second-order valence-corrected chi connectivity index (χ2v) is 5.77. The molecular weight excluding hydrogens is 360 g/mol. The Bertz CT molecular complexity index is 835. The number of ether oxygens (including phenoxy) is 3. The predicted molar refractivity (Wildman–Crippen MR) is 82.8 cm³/mol. The van der Waals surface area contributed by atoms with E-state index in [9.17, 15) is 18.4 Å². The van der Waals surface area contributed by atoms with Crippen molar-refractivity contribution in [2.45, 2.75) is 13.2 Å². The Morgan fingerprint density at radius 2 is 2.08 bits per heavy atom. The van der Waals surface area contributed by atoms with Gasteiger partial charge in [-0.05, 0) is 30.6 Å². The number of nitrogens with one attached hydrogen (secondary N) is 1. The van der Waals surface area contributed by atoms with Gasteiger partial charge in [-0.1, -0.05) is 0 Å². The summed E-state index contributed by atoms with van der Waals surface area (Å²) >= 11 is 0.947. The molecule has 25 heavy (non-hydrogen) atoms. The molecular formula is C14H11F2N3O5S. The minimum Gasteiger partial charge on any atom is -0.452 e. The number of nitrogens with zero attached hydrogens (tertiary/aromatic N) is 1. The van der Waals surface area contributed by atoms with Crippen LogP contribution >= 0.6 is 11.5 Å². The SMILES string of the molecule is Cc1nsc(N)c1C(=O)OCC(=O)Nc1ccc2c(c1)OC(F)(F)O2. The standard InChI is InChI=1S/C14H11F2N3O5S/c1-6-11(12(17)25-19-6)13(21)22-5-10(20)18-7-2-3-8-9(4-7)24-14(15,16)23-8/h2-4H,5,17H2,1H3,(H,18,20). The van der Waals surface area contributed by atoms with E-state index in [0.717, 1.165) is 11.5 Å². The van der Waals surface area contributed by atoms with Crippen LogP contribution in [0.1, 0.15) is 16.1 Å². The van der Waals surface area contributed by atoms with E-state index in [4.69, 9.17) is 10.5 Å². The molecule has 0 unspecified atom stereocenters. The fourth-order valence-corrected chi connectivity index (χ4v) is 2.71. The zero-order valence-electron chi connectivity index (χ0n) is 12.7. The number of nitrogen functional groups attached to an aromatic ring is 1. The number of aromatic nitrogens is 1. The van der Waals surface area contributed by atoms with Crippen molar-refractivity contribution in [3.8, 4) is 11.5 Å². The van der Waals surface area contributed by atoms with Crippen molar-refractivity contribution < 1.29 is 32.6 Å². The number of nitrogens with two attached hydrogens (primary N) is 1. The summed E-state index contributed by atoms with van der Waals surface area (Å²) in [6, 6.07) is 3.73. The topological polar surface area (TPSA) is 113 Å². The minimum atomic E-state index is -3.74. The highest BCUT2D eigenvalue weighted by molar-refractivity contribution is 7.10. The van der Waals surface area contributed by atoms with E-state index in [2.05, 4.69) is 19.2 Å². The Balaban J connectivity index is 1.58.